The van der Waals surface area contributed by atoms with Gasteiger partial charge in [-0.2, -0.15) is 0 Å². The van der Waals surface area contributed by atoms with E-state index >= 15 is 0 Å². The van der Waals surface area contributed by atoms with Gasteiger partial charge in [0.1, 0.15) is 5.84 Å². The van der Waals surface area contributed by atoms with Crippen molar-refractivity contribution in [3.05, 3.63) is 42.1 Å². The first-order chi connectivity index (χ1) is 17.1. The van der Waals surface area contributed by atoms with E-state index in [-0.39, 0.29) is 6.41 Å². The summed E-state index contributed by atoms with van der Waals surface area (Å²) in [4.78, 5) is 29.0. The van der Waals surface area contributed by atoms with Gasteiger partial charge in [0.2, 0.25) is 12.8 Å². The van der Waals surface area contributed by atoms with Crippen LogP contribution < -0.4 is 22.1 Å². The number of nitrogens with two attached hydrogens (primary N) is 2. The third-order valence-corrected chi connectivity index (χ3v) is 6.08. The average molecular weight is 488 g/mol. The van der Waals surface area contributed by atoms with Gasteiger partial charge in [-0.1, -0.05) is 32.4 Å². The Bertz CT molecular complexity index is 761. The van der Waals surface area contributed by atoms with Crippen LogP contribution in [-0.4, -0.2) is 80.8 Å². The van der Waals surface area contributed by atoms with Crippen LogP contribution in [0.15, 0.2) is 41.5 Å². The molecule has 0 radical (unpaired) electrons. The fraction of sp³-hybridized carbons (Fsp3) is 0.577. The number of likely N-dealkylation sites (tertiary alicyclic amines) is 1. The molecule has 2 saturated heterocycles. The lowest BCUT2D eigenvalue weighted by atomic mass is 10.0. The third-order valence-electron chi connectivity index (χ3n) is 6.08. The van der Waals surface area contributed by atoms with Crippen LogP contribution in [0.2, 0.25) is 0 Å². The molecule has 2 heterocycles. The zero-order chi connectivity index (χ0) is 25.9. The monoisotopic (exact) mass is 487 g/mol. The number of amides is 2. The molecule has 2 amide bonds. The Morgan fingerprint density at radius 3 is 2.40 bits per heavy atom. The number of amidine groups is 1. The van der Waals surface area contributed by atoms with Crippen molar-refractivity contribution in [2.45, 2.75) is 45.6 Å². The van der Waals surface area contributed by atoms with Gasteiger partial charge in [0.05, 0.1) is 5.69 Å². The molecule has 0 saturated carbocycles. The molecule has 196 valence electrons. The van der Waals surface area contributed by atoms with Crippen molar-refractivity contribution in [1.82, 2.24) is 20.4 Å². The smallest absolute Gasteiger partial charge is 0.211 e. The summed E-state index contributed by atoms with van der Waals surface area (Å²) in [5.74, 6) is 1.71. The summed E-state index contributed by atoms with van der Waals surface area (Å²) in [6.45, 7) is 10.8. The fourth-order valence-electron chi connectivity index (χ4n) is 4.43. The zero-order valence-electron chi connectivity index (χ0n) is 21.7. The van der Waals surface area contributed by atoms with Gasteiger partial charge in [-0.05, 0) is 62.5 Å². The Kier molecular flexibility index (Phi) is 16.1. The van der Waals surface area contributed by atoms with Crippen molar-refractivity contribution in [3.63, 3.8) is 0 Å². The number of carbonyl (C=O) groups is 2. The molecule has 9 heteroatoms. The highest BCUT2D eigenvalue weighted by atomic mass is 16.1. The van der Waals surface area contributed by atoms with E-state index in [1.54, 1.807) is 6.20 Å². The predicted octanol–water partition coefficient (Wildman–Crippen LogP) is 1.61. The number of primary amides is 1. The van der Waals surface area contributed by atoms with Gasteiger partial charge in [-0.3, -0.25) is 14.5 Å². The van der Waals surface area contributed by atoms with Crippen LogP contribution in [0.3, 0.4) is 0 Å². The van der Waals surface area contributed by atoms with Crippen molar-refractivity contribution in [1.29, 1.82) is 0 Å². The topological polar surface area (TPSA) is 129 Å². The highest BCUT2D eigenvalue weighted by molar-refractivity contribution is 5.95. The molecule has 0 aromatic heterocycles. The Morgan fingerprint density at radius 2 is 1.86 bits per heavy atom. The minimum atomic E-state index is 0.250. The maximum atomic E-state index is 10.6. The highest BCUT2D eigenvalue weighted by Gasteiger charge is 2.25. The summed E-state index contributed by atoms with van der Waals surface area (Å²) in [7, 11) is 1.50. The van der Waals surface area contributed by atoms with E-state index in [0.29, 0.717) is 12.5 Å². The lowest BCUT2D eigenvalue weighted by molar-refractivity contribution is -0.109. The van der Waals surface area contributed by atoms with Gasteiger partial charge >= 0.3 is 0 Å². The molecule has 35 heavy (non-hydrogen) atoms. The molecule has 9 nitrogen and oxygen atoms in total. The van der Waals surface area contributed by atoms with Crippen LogP contribution in [0, 0.1) is 5.92 Å². The van der Waals surface area contributed by atoms with Crippen LogP contribution in [0.5, 0.6) is 0 Å². The van der Waals surface area contributed by atoms with E-state index in [9.17, 15) is 4.79 Å². The maximum Gasteiger partial charge on any atom is 0.211 e. The number of piperazine rings is 1. The molecule has 0 spiro atoms. The number of nitrogens with one attached hydrogen (secondary N) is 2. The van der Waals surface area contributed by atoms with E-state index in [0.717, 1.165) is 50.0 Å². The van der Waals surface area contributed by atoms with Gasteiger partial charge in [-0.25, -0.2) is 4.99 Å². The zero-order valence-corrected chi connectivity index (χ0v) is 21.7. The second-order valence-electron chi connectivity index (χ2n) is 8.66. The number of rotatable bonds is 9. The number of aliphatic imine (C=N–C) groups is 1. The first kappa shape index (κ1) is 30.3. The molecular weight excluding hydrogens is 442 g/mol. The largest absolute Gasteiger partial charge is 0.372 e. The van der Waals surface area contributed by atoms with E-state index in [2.05, 4.69) is 70.0 Å². The summed E-state index contributed by atoms with van der Waals surface area (Å²) >= 11 is 0. The van der Waals surface area contributed by atoms with E-state index < -0.39 is 0 Å². The summed E-state index contributed by atoms with van der Waals surface area (Å²) in [6, 6.07) is 9.33. The molecule has 3 rings (SSSR count). The molecule has 6 N–H and O–H groups in total. The van der Waals surface area contributed by atoms with Crippen molar-refractivity contribution in [2.75, 3.05) is 46.3 Å². The molecular formula is C26H45N7O2. The van der Waals surface area contributed by atoms with Crippen molar-refractivity contribution in [2.24, 2.45) is 22.4 Å². The number of hydrogen-bond donors (Lipinski definition) is 4. The standard InChI is InChI=1S/C24H37N5O.CH3NO.CH5N/c1-3-4-23(29-14-10-20(2)18-29)17-21-5-7-22(8-6-21)27-24(9-11-26-19-30)28-15-12-25-13-16-28;2-1-3;1-2/h5-9,11,19-20,23,25H,3-4,10,12-18H2,1-2H3,(H,26,30);1H,(H2,2,3);2H2,1H3/b11-9-,27-24?;;. The quantitative estimate of drug-likeness (QED) is 0.238. The third kappa shape index (κ3) is 11.5. The molecule has 2 atom stereocenters. The normalized spacial score (nSPS) is 19.3. The average Bonchev–Trinajstić information content (AvgIpc) is 3.33. The molecule has 1 aromatic rings. The highest BCUT2D eigenvalue weighted by Crippen LogP contribution is 2.24. The summed E-state index contributed by atoms with van der Waals surface area (Å²) in [5.41, 5.74) is 11.0. The predicted molar refractivity (Wildman–Crippen MR) is 144 cm³/mol. The van der Waals surface area contributed by atoms with Crippen molar-refractivity contribution < 1.29 is 9.59 Å². The van der Waals surface area contributed by atoms with Gasteiger partial charge in [-0.15, -0.1) is 0 Å². The van der Waals surface area contributed by atoms with Gasteiger partial charge < -0.3 is 27.0 Å². The summed E-state index contributed by atoms with van der Waals surface area (Å²) < 4.78 is 0. The van der Waals surface area contributed by atoms with Gasteiger partial charge in [0.25, 0.3) is 0 Å². The summed E-state index contributed by atoms with van der Waals surface area (Å²) in [6.07, 6.45) is 9.37. The second-order valence-corrected chi connectivity index (χ2v) is 8.66. The van der Waals surface area contributed by atoms with Crippen molar-refractivity contribution >= 4 is 24.3 Å². The minimum absolute atomic E-state index is 0.250. The van der Waals surface area contributed by atoms with Crippen LogP contribution in [-0.2, 0) is 16.0 Å². The van der Waals surface area contributed by atoms with Crippen LogP contribution in [0.25, 0.3) is 0 Å². The number of carbonyl (C=O) groups excluding carboxylic acids is 2. The molecule has 2 aliphatic rings. The molecule has 2 aliphatic heterocycles. The number of hydrogen-bond acceptors (Lipinski definition) is 6. The Balaban J connectivity index is 0.00000114. The van der Waals surface area contributed by atoms with Gasteiger partial charge in [0.15, 0.2) is 0 Å². The van der Waals surface area contributed by atoms with Crippen LogP contribution in [0.4, 0.5) is 5.69 Å². The number of nitrogens with zero attached hydrogens (tertiary/aromatic N) is 3. The SMILES string of the molecule is CCCC(Cc1ccc(N=C(/C=C\NC=O)N2CCNCC2)cc1)N1CCC(C)C1.CN.NC=O. The first-order valence-corrected chi connectivity index (χ1v) is 12.6. The summed E-state index contributed by atoms with van der Waals surface area (Å²) in [5, 5.41) is 5.95. The Labute approximate surface area is 211 Å². The molecule has 0 aliphatic carbocycles. The van der Waals surface area contributed by atoms with E-state index in [1.807, 2.05) is 6.08 Å². The van der Waals surface area contributed by atoms with Gasteiger partial charge in [0, 0.05) is 45.0 Å². The minimum Gasteiger partial charge on any atom is -0.372 e. The Hall–Kier alpha value is -2.75. The van der Waals surface area contributed by atoms with E-state index in [4.69, 9.17) is 9.79 Å². The van der Waals surface area contributed by atoms with Crippen LogP contribution >= 0.6 is 0 Å². The van der Waals surface area contributed by atoms with Crippen LogP contribution in [0.1, 0.15) is 38.7 Å². The molecule has 2 fully saturated rings. The molecule has 0 bridgehead atoms. The Morgan fingerprint density at radius 1 is 1.20 bits per heavy atom. The molecule has 2 unspecified atom stereocenters. The number of benzene rings is 1. The second kappa shape index (κ2) is 18.6. The maximum absolute atomic E-state index is 10.6. The molecule has 1 aromatic carbocycles. The lowest BCUT2D eigenvalue weighted by Gasteiger charge is -2.29. The lowest BCUT2D eigenvalue weighted by Crippen LogP contribution is -2.46. The fourth-order valence-corrected chi connectivity index (χ4v) is 4.43. The first-order valence-electron chi connectivity index (χ1n) is 12.6. The van der Waals surface area contributed by atoms with Crippen molar-refractivity contribution in [3.8, 4) is 0 Å². The van der Waals surface area contributed by atoms with E-state index in [1.165, 1.54) is 45.0 Å².